The Morgan fingerprint density at radius 3 is 2.68 bits per heavy atom. The number of rotatable bonds is 9. The van der Waals surface area contributed by atoms with Gasteiger partial charge in [0.05, 0.1) is 18.7 Å². The highest BCUT2D eigenvalue weighted by Crippen LogP contribution is 2.22. The van der Waals surface area contributed by atoms with Crippen LogP contribution in [0, 0.1) is 0 Å². The van der Waals surface area contributed by atoms with Crippen LogP contribution < -0.4 is 0 Å². The normalized spacial score (nSPS) is 17.9. The highest BCUT2D eigenvalue weighted by molar-refractivity contribution is 5.89. The van der Waals surface area contributed by atoms with Gasteiger partial charge in [-0.15, -0.1) is 0 Å². The van der Waals surface area contributed by atoms with Crippen LogP contribution in [0.1, 0.15) is 61.9 Å². The number of ether oxygens (including phenoxy) is 1. The van der Waals surface area contributed by atoms with Gasteiger partial charge in [-0.1, -0.05) is 31.6 Å². The zero-order valence-corrected chi connectivity index (χ0v) is 17.0. The Morgan fingerprint density at radius 1 is 1.32 bits per heavy atom. The van der Waals surface area contributed by atoms with E-state index in [2.05, 4.69) is 6.92 Å². The molecule has 0 aromatic heterocycles. The maximum atomic E-state index is 14.2. The average molecular weight is 387 g/mol. The molecule has 2 rings (SSSR count). The molecule has 0 radical (unpaired) electrons. The van der Waals surface area contributed by atoms with Crippen molar-refractivity contribution in [2.45, 2.75) is 58.4 Å². The molecule has 152 valence electrons. The van der Waals surface area contributed by atoms with Crippen LogP contribution in [-0.2, 0) is 16.0 Å². The molecule has 0 N–H and O–H groups in total. The minimum Gasteiger partial charge on any atom is -0.465 e. The first-order chi connectivity index (χ1) is 13.5. The number of unbranched alkanes of at least 4 members (excludes halogenated alkanes) is 1. The number of allylic oxidation sites excluding steroid dienone is 3. The number of hydrogen-bond acceptors (Lipinski definition) is 3. The third-order valence-electron chi connectivity index (χ3n) is 5.17. The van der Waals surface area contributed by atoms with E-state index in [1.165, 1.54) is 13.2 Å². The summed E-state index contributed by atoms with van der Waals surface area (Å²) in [5.41, 5.74) is 2.31. The Labute approximate surface area is 167 Å². The minimum absolute atomic E-state index is 0.0634. The lowest BCUT2D eigenvalue weighted by Crippen LogP contribution is -2.33. The zero-order valence-electron chi connectivity index (χ0n) is 17.0. The molecule has 1 aromatic carbocycles. The SMILES string of the molecule is CCCCC(C)=C(F)C=C[C@H]1CCC(=O)N1CCc1ccc(C(=O)OC)cc1. The van der Waals surface area contributed by atoms with Gasteiger partial charge in [0.1, 0.15) is 5.83 Å². The van der Waals surface area contributed by atoms with Crippen LogP contribution in [0.5, 0.6) is 0 Å². The fraction of sp³-hybridized carbons (Fsp3) is 0.478. The Bertz CT molecular complexity index is 737. The predicted octanol–water partition coefficient (Wildman–Crippen LogP) is 5.00. The van der Waals surface area contributed by atoms with Crippen LogP contribution in [0.3, 0.4) is 0 Å². The molecule has 0 bridgehead atoms. The summed E-state index contributed by atoms with van der Waals surface area (Å²) in [6, 6.07) is 7.13. The first-order valence-corrected chi connectivity index (χ1v) is 9.96. The number of methoxy groups -OCH3 is 1. The topological polar surface area (TPSA) is 46.6 Å². The van der Waals surface area contributed by atoms with Crippen molar-refractivity contribution >= 4 is 11.9 Å². The average Bonchev–Trinajstić information content (AvgIpc) is 3.07. The number of benzene rings is 1. The second-order valence-electron chi connectivity index (χ2n) is 7.22. The van der Waals surface area contributed by atoms with E-state index in [0.717, 1.165) is 36.8 Å². The number of halogens is 1. The smallest absolute Gasteiger partial charge is 0.337 e. The molecule has 0 aliphatic carbocycles. The summed E-state index contributed by atoms with van der Waals surface area (Å²) < 4.78 is 18.9. The second-order valence-corrected chi connectivity index (χ2v) is 7.22. The maximum absolute atomic E-state index is 14.2. The van der Waals surface area contributed by atoms with Crippen molar-refractivity contribution in [2.24, 2.45) is 0 Å². The largest absolute Gasteiger partial charge is 0.465 e. The van der Waals surface area contributed by atoms with Gasteiger partial charge in [0.2, 0.25) is 5.91 Å². The third kappa shape index (κ3) is 6.04. The minimum atomic E-state index is -0.365. The van der Waals surface area contributed by atoms with Gasteiger partial charge in [-0.2, -0.15) is 0 Å². The third-order valence-corrected chi connectivity index (χ3v) is 5.17. The summed E-state index contributed by atoms with van der Waals surface area (Å²) in [6.07, 6.45) is 8.03. The van der Waals surface area contributed by atoms with Crippen molar-refractivity contribution in [1.82, 2.24) is 4.90 Å². The van der Waals surface area contributed by atoms with Gasteiger partial charge in [-0.25, -0.2) is 9.18 Å². The first-order valence-electron chi connectivity index (χ1n) is 9.96. The standard InChI is InChI=1S/C23H30FNO3/c1-4-5-6-17(2)21(24)13-11-20-12-14-22(26)25(20)16-15-18-7-9-19(10-8-18)23(27)28-3/h7-11,13,20H,4-6,12,14-16H2,1-3H3/t20-/m0/s1. The van der Waals surface area contributed by atoms with E-state index in [1.807, 2.05) is 30.0 Å². The molecule has 4 nitrogen and oxygen atoms in total. The Kier molecular flexibility index (Phi) is 8.42. The van der Waals surface area contributed by atoms with Crippen LogP contribution in [0.25, 0.3) is 0 Å². The number of carbonyl (C=O) groups excluding carboxylic acids is 2. The summed E-state index contributed by atoms with van der Waals surface area (Å²) in [7, 11) is 1.35. The van der Waals surface area contributed by atoms with Gasteiger partial charge in [0.15, 0.2) is 0 Å². The van der Waals surface area contributed by atoms with Crippen molar-refractivity contribution in [3.05, 3.63) is 58.9 Å². The van der Waals surface area contributed by atoms with E-state index in [1.54, 1.807) is 12.1 Å². The van der Waals surface area contributed by atoms with Crippen LogP contribution in [0.4, 0.5) is 4.39 Å². The molecular formula is C23H30FNO3. The maximum Gasteiger partial charge on any atom is 0.337 e. The predicted molar refractivity (Wildman–Crippen MR) is 109 cm³/mol. The van der Waals surface area contributed by atoms with Crippen molar-refractivity contribution in [3.8, 4) is 0 Å². The van der Waals surface area contributed by atoms with Gasteiger partial charge < -0.3 is 9.64 Å². The first kappa shape index (κ1) is 21.9. The molecule has 0 unspecified atom stereocenters. The molecule has 28 heavy (non-hydrogen) atoms. The second kappa shape index (κ2) is 10.8. The number of carbonyl (C=O) groups is 2. The summed E-state index contributed by atoms with van der Waals surface area (Å²) in [4.78, 5) is 25.5. The van der Waals surface area contributed by atoms with Crippen molar-refractivity contribution in [3.63, 3.8) is 0 Å². The summed E-state index contributed by atoms with van der Waals surface area (Å²) in [6.45, 7) is 4.49. The quantitative estimate of drug-likeness (QED) is 0.443. The van der Waals surface area contributed by atoms with E-state index in [4.69, 9.17) is 4.74 Å². The lowest BCUT2D eigenvalue weighted by atomic mass is 10.1. The van der Waals surface area contributed by atoms with Gasteiger partial charge in [-0.05, 0) is 62.0 Å². The van der Waals surface area contributed by atoms with Crippen molar-refractivity contribution in [2.75, 3.05) is 13.7 Å². The summed E-state index contributed by atoms with van der Waals surface area (Å²) >= 11 is 0. The van der Waals surface area contributed by atoms with Crippen LogP contribution in [0.15, 0.2) is 47.8 Å². The molecule has 1 heterocycles. The monoisotopic (exact) mass is 387 g/mol. The Hall–Kier alpha value is -2.43. The summed E-state index contributed by atoms with van der Waals surface area (Å²) in [5, 5.41) is 0. The molecule has 5 heteroatoms. The molecule has 0 saturated carbocycles. The van der Waals surface area contributed by atoms with E-state index in [-0.39, 0.29) is 23.7 Å². The fourth-order valence-corrected chi connectivity index (χ4v) is 3.32. The number of nitrogens with zero attached hydrogens (tertiary/aromatic N) is 1. The number of amides is 1. The molecule has 1 amide bonds. The van der Waals surface area contributed by atoms with Gasteiger partial charge in [-0.3, -0.25) is 4.79 Å². The number of hydrogen-bond donors (Lipinski definition) is 0. The fourth-order valence-electron chi connectivity index (χ4n) is 3.32. The van der Waals surface area contributed by atoms with Crippen molar-refractivity contribution in [1.29, 1.82) is 0 Å². The lowest BCUT2D eigenvalue weighted by molar-refractivity contribution is -0.128. The Balaban J connectivity index is 1.96. The van der Waals surface area contributed by atoms with E-state index in [0.29, 0.717) is 24.9 Å². The molecule has 1 saturated heterocycles. The van der Waals surface area contributed by atoms with E-state index >= 15 is 0 Å². The highest BCUT2D eigenvalue weighted by atomic mass is 19.1. The van der Waals surface area contributed by atoms with E-state index < -0.39 is 0 Å². The van der Waals surface area contributed by atoms with Crippen LogP contribution in [-0.4, -0.2) is 36.5 Å². The van der Waals surface area contributed by atoms with Gasteiger partial charge >= 0.3 is 5.97 Å². The van der Waals surface area contributed by atoms with Crippen molar-refractivity contribution < 1.29 is 18.7 Å². The molecule has 1 fully saturated rings. The molecule has 1 aliphatic heterocycles. The zero-order chi connectivity index (χ0) is 20.5. The summed E-state index contributed by atoms with van der Waals surface area (Å²) in [5.74, 6) is -0.449. The van der Waals surface area contributed by atoms with Gasteiger partial charge in [0, 0.05) is 13.0 Å². The highest BCUT2D eigenvalue weighted by Gasteiger charge is 2.28. The number of esters is 1. The van der Waals surface area contributed by atoms with E-state index in [9.17, 15) is 14.0 Å². The molecular weight excluding hydrogens is 357 g/mol. The van der Waals surface area contributed by atoms with Crippen LogP contribution >= 0.6 is 0 Å². The van der Waals surface area contributed by atoms with Gasteiger partial charge in [0.25, 0.3) is 0 Å². The lowest BCUT2D eigenvalue weighted by Gasteiger charge is -2.22. The molecule has 1 aromatic rings. The molecule has 1 aliphatic rings. The molecule has 1 atom stereocenters. The Morgan fingerprint density at radius 2 is 2.04 bits per heavy atom. The molecule has 0 spiro atoms. The van der Waals surface area contributed by atoms with Crippen LogP contribution in [0.2, 0.25) is 0 Å². The number of likely N-dealkylation sites (tertiary alicyclic amines) is 1.